The van der Waals surface area contributed by atoms with Crippen LogP contribution in [0, 0.1) is 0 Å². The number of rotatable bonds is 4. The number of nitrogens with zero attached hydrogens (tertiary/aromatic N) is 2. The lowest BCUT2D eigenvalue weighted by Crippen LogP contribution is -2.55. The Balaban J connectivity index is 2.42. The molecule has 1 aliphatic rings. The van der Waals surface area contributed by atoms with Crippen molar-refractivity contribution >= 4 is 17.9 Å². The van der Waals surface area contributed by atoms with E-state index in [4.69, 9.17) is 4.74 Å². The molecule has 0 aliphatic carbocycles. The van der Waals surface area contributed by atoms with Crippen molar-refractivity contribution in [2.75, 3.05) is 32.8 Å². The van der Waals surface area contributed by atoms with Crippen LogP contribution >= 0.6 is 0 Å². The van der Waals surface area contributed by atoms with E-state index in [0.717, 1.165) is 0 Å². The quantitative estimate of drug-likeness (QED) is 0.800. The van der Waals surface area contributed by atoms with Crippen molar-refractivity contribution in [3.05, 3.63) is 0 Å². The zero-order valence-corrected chi connectivity index (χ0v) is 12.3. The van der Waals surface area contributed by atoms with Gasteiger partial charge >= 0.3 is 6.09 Å². The van der Waals surface area contributed by atoms with Gasteiger partial charge in [0.2, 0.25) is 11.8 Å². The number of piperazine rings is 1. The maximum atomic E-state index is 12.1. The van der Waals surface area contributed by atoms with Gasteiger partial charge in [-0.25, -0.2) is 4.79 Å². The van der Waals surface area contributed by atoms with Gasteiger partial charge in [0, 0.05) is 32.6 Å². The topological polar surface area (TPSA) is 79.0 Å². The van der Waals surface area contributed by atoms with Crippen molar-refractivity contribution in [1.82, 2.24) is 15.1 Å². The number of amides is 3. The van der Waals surface area contributed by atoms with Gasteiger partial charge in [0.05, 0.1) is 6.61 Å². The molecule has 1 aliphatic heterocycles. The highest BCUT2D eigenvalue weighted by Crippen LogP contribution is 2.06. The minimum atomic E-state index is -0.531. The van der Waals surface area contributed by atoms with Crippen LogP contribution in [0.2, 0.25) is 0 Å². The van der Waals surface area contributed by atoms with Gasteiger partial charge in [-0.3, -0.25) is 9.59 Å². The molecule has 3 amide bonds. The number of carbonyl (C=O) groups excluding carboxylic acids is 3. The molecule has 0 unspecified atom stereocenters. The molecule has 1 saturated heterocycles. The van der Waals surface area contributed by atoms with E-state index >= 15 is 0 Å². The third kappa shape index (κ3) is 4.40. The van der Waals surface area contributed by atoms with Crippen LogP contribution in [0.1, 0.15) is 27.2 Å². The van der Waals surface area contributed by atoms with E-state index in [-0.39, 0.29) is 17.9 Å². The third-order valence-corrected chi connectivity index (χ3v) is 3.19. The molecule has 114 valence electrons. The molecule has 0 saturated carbocycles. The molecule has 1 rings (SSSR count). The van der Waals surface area contributed by atoms with E-state index in [1.165, 1.54) is 0 Å². The molecule has 0 radical (unpaired) electrons. The second-order valence-electron chi connectivity index (χ2n) is 4.65. The maximum Gasteiger partial charge on any atom is 0.409 e. The summed E-state index contributed by atoms with van der Waals surface area (Å²) in [4.78, 5) is 38.2. The van der Waals surface area contributed by atoms with Gasteiger partial charge in [-0.2, -0.15) is 0 Å². The molecular formula is C13H23N3O4. The van der Waals surface area contributed by atoms with E-state index in [1.54, 1.807) is 30.6 Å². The minimum Gasteiger partial charge on any atom is -0.450 e. The van der Waals surface area contributed by atoms with E-state index < -0.39 is 6.04 Å². The van der Waals surface area contributed by atoms with Crippen LogP contribution in [-0.2, 0) is 14.3 Å². The van der Waals surface area contributed by atoms with E-state index in [9.17, 15) is 14.4 Å². The third-order valence-electron chi connectivity index (χ3n) is 3.19. The van der Waals surface area contributed by atoms with Crippen molar-refractivity contribution in [3.8, 4) is 0 Å². The number of ether oxygens (including phenoxy) is 1. The average molecular weight is 285 g/mol. The highest BCUT2D eigenvalue weighted by atomic mass is 16.6. The van der Waals surface area contributed by atoms with E-state index in [0.29, 0.717) is 39.2 Å². The number of nitrogens with one attached hydrogen (secondary N) is 1. The number of hydrogen-bond donors (Lipinski definition) is 1. The normalized spacial score (nSPS) is 16.6. The van der Waals surface area contributed by atoms with Crippen LogP contribution in [-0.4, -0.2) is 66.5 Å². The molecule has 0 aromatic carbocycles. The molecular weight excluding hydrogens is 262 g/mol. The number of carbonyl (C=O) groups is 3. The summed E-state index contributed by atoms with van der Waals surface area (Å²) in [5, 5.41) is 2.65. The summed E-state index contributed by atoms with van der Waals surface area (Å²) >= 11 is 0. The van der Waals surface area contributed by atoms with Crippen LogP contribution in [0.3, 0.4) is 0 Å². The summed E-state index contributed by atoms with van der Waals surface area (Å²) in [5.74, 6) is -0.258. The smallest absolute Gasteiger partial charge is 0.409 e. The Kier molecular flexibility index (Phi) is 6.27. The lowest BCUT2D eigenvalue weighted by atomic mass is 10.2. The summed E-state index contributed by atoms with van der Waals surface area (Å²) in [6.07, 6.45) is 0.0146. The van der Waals surface area contributed by atoms with Gasteiger partial charge < -0.3 is 19.9 Å². The fourth-order valence-corrected chi connectivity index (χ4v) is 2.00. The van der Waals surface area contributed by atoms with E-state index in [2.05, 4.69) is 5.32 Å². The predicted molar refractivity (Wildman–Crippen MR) is 73.1 cm³/mol. The van der Waals surface area contributed by atoms with Crippen LogP contribution in [0.15, 0.2) is 0 Å². The van der Waals surface area contributed by atoms with Crippen LogP contribution < -0.4 is 5.32 Å². The summed E-state index contributed by atoms with van der Waals surface area (Å²) in [6.45, 7) is 7.36. The van der Waals surface area contributed by atoms with Crippen molar-refractivity contribution in [3.63, 3.8) is 0 Å². The Morgan fingerprint density at radius 3 is 2.15 bits per heavy atom. The molecule has 0 bridgehead atoms. The van der Waals surface area contributed by atoms with Gasteiger partial charge in [0.25, 0.3) is 0 Å². The Morgan fingerprint density at radius 2 is 1.65 bits per heavy atom. The average Bonchev–Trinajstić information content (AvgIpc) is 2.46. The second-order valence-corrected chi connectivity index (χ2v) is 4.65. The first-order valence-electron chi connectivity index (χ1n) is 6.99. The Morgan fingerprint density at radius 1 is 1.10 bits per heavy atom. The minimum absolute atomic E-state index is 0.115. The number of hydrogen-bond acceptors (Lipinski definition) is 4. The first-order chi connectivity index (χ1) is 9.49. The van der Waals surface area contributed by atoms with Crippen molar-refractivity contribution in [2.24, 2.45) is 0 Å². The zero-order chi connectivity index (χ0) is 15.1. The highest BCUT2D eigenvalue weighted by molar-refractivity contribution is 5.87. The Bertz CT molecular complexity index is 365. The molecule has 1 atom stereocenters. The molecule has 0 aromatic heterocycles. The maximum absolute atomic E-state index is 12.1. The molecule has 20 heavy (non-hydrogen) atoms. The molecule has 0 aromatic rings. The first-order valence-corrected chi connectivity index (χ1v) is 6.99. The molecule has 1 heterocycles. The molecule has 7 nitrogen and oxygen atoms in total. The first kappa shape index (κ1) is 16.3. The standard InChI is InChI=1S/C13H23N3O4/c1-4-11(17)14-10(3)12(18)15-6-8-16(9-7-15)13(19)20-5-2/h10H,4-9H2,1-3H3,(H,14,17)/t10-/m0/s1. The van der Waals surface area contributed by atoms with Crippen molar-refractivity contribution < 1.29 is 19.1 Å². The van der Waals surface area contributed by atoms with Gasteiger partial charge in [-0.1, -0.05) is 6.92 Å². The predicted octanol–water partition coefficient (Wildman–Crippen LogP) is 0.202. The highest BCUT2D eigenvalue weighted by Gasteiger charge is 2.27. The van der Waals surface area contributed by atoms with Gasteiger partial charge in [0.1, 0.15) is 6.04 Å². The Labute approximate surface area is 119 Å². The van der Waals surface area contributed by atoms with Crippen LogP contribution in [0.25, 0.3) is 0 Å². The largest absolute Gasteiger partial charge is 0.450 e. The fraction of sp³-hybridized carbons (Fsp3) is 0.769. The van der Waals surface area contributed by atoms with E-state index in [1.807, 2.05) is 0 Å². The van der Waals surface area contributed by atoms with Crippen molar-refractivity contribution in [1.29, 1.82) is 0 Å². The lowest BCUT2D eigenvalue weighted by Gasteiger charge is -2.35. The molecule has 1 N–H and O–H groups in total. The van der Waals surface area contributed by atoms with Gasteiger partial charge in [-0.15, -0.1) is 0 Å². The molecule has 1 fully saturated rings. The Hall–Kier alpha value is -1.79. The van der Waals surface area contributed by atoms with Gasteiger partial charge in [0.15, 0.2) is 0 Å². The summed E-state index contributed by atoms with van der Waals surface area (Å²) in [6, 6.07) is -0.531. The van der Waals surface area contributed by atoms with Crippen LogP contribution in [0.5, 0.6) is 0 Å². The SMILES string of the molecule is CCOC(=O)N1CCN(C(=O)[C@H](C)NC(=O)CC)CC1. The molecule has 0 spiro atoms. The summed E-state index contributed by atoms with van der Waals surface area (Å²) in [7, 11) is 0. The van der Waals surface area contributed by atoms with Crippen LogP contribution in [0.4, 0.5) is 4.79 Å². The zero-order valence-electron chi connectivity index (χ0n) is 12.3. The second kappa shape index (κ2) is 7.72. The van der Waals surface area contributed by atoms with Gasteiger partial charge in [-0.05, 0) is 13.8 Å². The lowest BCUT2D eigenvalue weighted by molar-refractivity contribution is -0.137. The summed E-state index contributed by atoms with van der Waals surface area (Å²) in [5.41, 5.74) is 0. The summed E-state index contributed by atoms with van der Waals surface area (Å²) < 4.78 is 4.92. The molecule has 7 heteroatoms. The fourth-order valence-electron chi connectivity index (χ4n) is 2.00. The monoisotopic (exact) mass is 285 g/mol. The van der Waals surface area contributed by atoms with Crippen molar-refractivity contribution in [2.45, 2.75) is 33.2 Å².